The van der Waals surface area contributed by atoms with Crippen molar-refractivity contribution in [3.8, 4) is 0 Å². The van der Waals surface area contributed by atoms with E-state index >= 15 is 0 Å². The SMILES string of the molecule is CN(C)CCCOC(=O)/N=C\N1CCOCC1. The third kappa shape index (κ3) is 6.91. The fourth-order valence-corrected chi connectivity index (χ4v) is 1.40. The number of ether oxygens (including phenoxy) is 2. The number of hydrogen-bond donors (Lipinski definition) is 0. The molecule has 0 aromatic heterocycles. The van der Waals surface area contributed by atoms with E-state index in [1.807, 2.05) is 23.9 Å². The summed E-state index contributed by atoms with van der Waals surface area (Å²) >= 11 is 0. The van der Waals surface area contributed by atoms with Gasteiger partial charge in [0.1, 0.15) is 0 Å². The van der Waals surface area contributed by atoms with Gasteiger partial charge in [-0.1, -0.05) is 0 Å². The Kier molecular flexibility index (Phi) is 6.57. The lowest BCUT2D eigenvalue weighted by molar-refractivity contribution is 0.0698. The van der Waals surface area contributed by atoms with Gasteiger partial charge in [-0.2, -0.15) is 4.99 Å². The summed E-state index contributed by atoms with van der Waals surface area (Å²) in [7, 11) is 3.97. The van der Waals surface area contributed by atoms with Gasteiger partial charge in [0, 0.05) is 19.6 Å². The molecule has 1 saturated heterocycles. The zero-order valence-electron chi connectivity index (χ0n) is 10.6. The summed E-state index contributed by atoms with van der Waals surface area (Å²) in [6.45, 7) is 4.24. The Balaban J connectivity index is 2.09. The summed E-state index contributed by atoms with van der Waals surface area (Å²) in [6.07, 6.45) is 1.85. The molecule has 0 saturated carbocycles. The zero-order valence-corrected chi connectivity index (χ0v) is 10.6. The monoisotopic (exact) mass is 243 g/mol. The van der Waals surface area contributed by atoms with Gasteiger partial charge in [0.05, 0.1) is 26.2 Å². The van der Waals surface area contributed by atoms with Crippen LogP contribution in [0.15, 0.2) is 4.99 Å². The summed E-state index contributed by atoms with van der Waals surface area (Å²) in [6, 6.07) is 0. The van der Waals surface area contributed by atoms with Gasteiger partial charge in [-0.25, -0.2) is 4.79 Å². The zero-order chi connectivity index (χ0) is 12.5. The first-order chi connectivity index (χ1) is 8.18. The van der Waals surface area contributed by atoms with Gasteiger partial charge >= 0.3 is 6.09 Å². The van der Waals surface area contributed by atoms with E-state index in [1.54, 1.807) is 0 Å². The molecule has 0 N–H and O–H groups in total. The van der Waals surface area contributed by atoms with Crippen molar-refractivity contribution in [2.24, 2.45) is 4.99 Å². The normalized spacial score (nSPS) is 16.8. The minimum absolute atomic E-state index is 0.414. The van der Waals surface area contributed by atoms with Crippen LogP contribution in [0.4, 0.5) is 4.79 Å². The molecule has 0 atom stereocenters. The van der Waals surface area contributed by atoms with E-state index < -0.39 is 6.09 Å². The average molecular weight is 243 g/mol. The molecule has 1 rings (SSSR count). The van der Waals surface area contributed by atoms with Crippen molar-refractivity contribution >= 4 is 12.4 Å². The molecule has 0 aromatic carbocycles. The lowest BCUT2D eigenvalue weighted by atomic mass is 10.4. The molecule has 6 nitrogen and oxygen atoms in total. The highest BCUT2D eigenvalue weighted by Gasteiger charge is 2.07. The van der Waals surface area contributed by atoms with Crippen molar-refractivity contribution in [2.75, 3.05) is 53.6 Å². The molecule has 1 aliphatic heterocycles. The summed E-state index contributed by atoms with van der Waals surface area (Å²) < 4.78 is 10.1. The Hall–Kier alpha value is -1.14. The van der Waals surface area contributed by atoms with Crippen LogP contribution in [0.1, 0.15) is 6.42 Å². The second-order valence-electron chi connectivity index (χ2n) is 4.16. The number of carbonyl (C=O) groups is 1. The van der Waals surface area contributed by atoms with Crippen molar-refractivity contribution in [1.82, 2.24) is 9.80 Å². The molecule has 17 heavy (non-hydrogen) atoms. The molecule has 98 valence electrons. The summed E-state index contributed by atoms with van der Waals surface area (Å²) in [5.74, 6) is 0. The minimum atomic E-state index is -0.518. The number of aliphatic imine (C=N–C) groups is 1. The number of amides is 1. The fourth-order valence-electron chi connectivity index (χ4n) is 1.40. The van der Waals surface area contributed by atoms with Crippen LogP contribution in [0, 0.1) is 0 Å². The van der Waals surface area contributed by atoms with E-state index in [0.717, 1.165) is 26.1 Å². The van der Waals surface area contributed by atoms with E-state index in [-0.39, 0.29) is 0 Å². The highest BCUT2D eigenvalue weighted by molar-refractivity contribution is 5.78. The molecule has 1 amide bonds. The standard InChI is InChI=1S/C11H21N3O3/c1-13(2)4-3-7-17-11(15)12-10-14-5-8-16-9-6-14/h10H,3-9H2,1-2H3/b12-10-. The van der Waals surface area contributed by atoms with Gasteiger partial charge < -0.3 is 19.3 Å². The Labute approximate surface area is 102 Å². The lowest BCUT2D eigenvalue weighted by Gasteiger charge is -2.23. The first-order valence-electron chi connectivity index (χ1n) is 5.86. The highest BCUT2D eigenvalue weighted by atomic mass is 16.5. The largest absolute Gasteiger partial charge is 0.448 e. The smallest absolute Gasteiger partial charge is 0.434 e. The maximum atomic E-state index is 11.2. The molecule has 0 spiro atoms. The number of morpholine rings is 1. The predicted octanol–water partition coefficient (Wildman–Crippen LogP) is 0.435. The summed E-state index contributed by atoms with van der Waals surface area (Å²) in [5, 5.41) is 0. The molecular weight excluding hydrogens is 222 g/mol. The van der Waals surface area contributed by atoms with Crippen LogP contribution in [0.3, 0.4) is 0 Å². The van der Waals surface area contributed by atoms with E-state index in [1.165, 1.54) is 6.34 Å². The maximum absolute atomic E-state index is 11.2. The van der Waals surface area contributed by atoms with Crippen LogP contribution in [-0.4, -0.2) is 75.8 Å². The second kappa shape index (κ2) is 8.03. The van der Waals surface area contributed by atoms with Crippen molar-refractivity contribution in [1.29, 1.82) is 0 Å². The predicted molar refractivity (Wildman–Crippen MR) is 65.4 cm³/mol. The minimum Gasteiger partial charge on any atom is -0.448 e. The van der Waals surface area contributed by atoms with Crippen LogP contribution in [0.25, 0.3) is 0 Å². The number of carbonyl (C=O) groups excluding carboxylic acids is 1. The molecule has 0 unspecified atom stereocenters. The molecule has 1 aliphatic rings. The molecule has 0 bridgehead atoms. The lowest BCUT2D eigenvalue weighted by Crippen LogP contribution is -2.35. The quantitative estimate of drug-likeness (QED) is 0.398. The molecule has 0 radical (unpaired) electrons. The molecule has 1 heterocycles. The van der Waals surface area contributed by atoms with Crippen molar-refractivity contribution in [2.45, 2.75) is 6.42 Å². The van der Waals surface area contributed by atoms with Gasteiger partial charge in [0.15, 0.2) is 0 Å². The van der Waals surface area contributed by atoms with Crippen LogP contribution in [-0.2, 0) is 9.47 Å². The van der Waals surface area contributed by atoms with Crippen LogP contribution in [0.5, 0.6) is 0 Å². The van der Waals surface area contributed by atoms with E-state index in [0.29, 0.717) is 19.8 Å². The first kappa shape index (κ1) is 13.9. The highest BCUT2D eigenvalue weighted by Crippen LogP contribution is 1.94. The Morgan fingerprint density at radius 1 is 1.47 bits per heavy atom. The van der Waals surface area contributed by atoms with Gasteiger partial charge in [-0.15, -0.1) is 0 Å². The molecule has 0 aromatic rings. The number of rotatable bonds is 5. The van der Waals surface area contributed by atoms with E-state index in [4.69, 9.17) is 9.47 Å². The Bertz CT molecular complexity index is 250. The summed E-state index contributed by atoms with van der Waals surface area (Å²) in [5.41, 5.74) is 0. The van der Waals surface area contributed by atoms with Crippen molar-refractivity contribution in [3.63, 3.8) is 0 Å². The van der Waals surface area contributed by atoms with Gasteiger partial charge in [0.25, 0.3) is 0 Å². The topological polar surface area (TPSA) is 54.4 Å². The van der Waals surface area contributed by atoms with Gasteiger partial charge in [0.2, 0.25) is 0 Å². The van der Waals surface area contributed by atoms with E-state index in [9.17, 15) is 4.79 Å². The number of nitrogens with zero attached hydrogens (tertiary/aromatic N) is 3. The Morgan fingerprint density at radius 3 is 2.82 bits per heavy atom. The Morgan fingerprint density at radius 2 is 2.18 bits per heavy atom. The molecule has 6 heteroatoms. The average Bonchev–Trinajstić information content (AvgIpc) is 2.33. The third-order valence-electron chi connectivity index (χ3n) is 2.35. The fraction of sp³-hybridized carbons (Fsp3) is 0.818. The van der Waals surface area contributed by atoms with Crippen LogP contribution < -0.4 is 0 Å². The van der Waals surface area contributed by atoms with Gasteiger partial charge in [-0.3, -0.25) is 0 Å². The van der Waals surface area contributed by atoms with Gasteiger partial charge in [-0.05, 0) is 20.5 Å². The number of hydrogen-bond acceptors (Lipinski definition) is 4. The third-order valence-corrected chi connectivity index (χ3v) is 2.35. The molecule has 1 fully saturated rings. The van der Waals surface area contributed by atoms with Crippen molar-refractivity contribution < 1.29 is 14.3 Å². The maximum Gasteiger partial charge on any atom is 0.434 e. The van der Waals surface area contributed by atoms with Crippen LogP contribution in [0.2, 0.25) is 0 Å². The first-order valence-corrected chi connectivity index (χ1v) is 5.86. The molecular formula is C11H21N3O3. The summed E-state index contributed by atoms with van der Waals surface area (Å²) in [4.78, 5) is 19.0. The van der Waals surface area contributed by atoms with Crippen molar-refractivity contribution in [3.05, 3.63) is 0 Å². The molecule has 0 aliphatic carbocycles. The van der Waals surface area contributed by atoms with E-state index in [2.05, 4.69) is 4.99 Å². The second-order valence-corrected chi connectivity index (χ2v) is 4.16. The van der Waals surface area contributed by atoms with Crippen LogP contribution >= 0.6 is 0 Å².